The average molecular weight is 685 g/mol. The molecular weight excluding hydrogens is 643 g/mol. The summed E-state index contributed by atoms with van der Waals surface area (Å²) in [6.45, 7) is 1.83. The van der Waals surface area contributed by atoms with E-state index in [1.54, 1.807) is 23.1 Å². The molecule has 0 aliphatic rings. The third-order valence-electron chi connectivity index (χ3n) is 5.97. The molecule has 1 aromatic heterocycles. The van der Waals surface area contributed by atoms with Gasteiger partial charge in [0.2, 0.25) is 11.7 Å². The van der Waals surface area contributed by atoms with Gasteiger partial charge < -0.3 is 53.9 Å². The topological polar surface area (TPSA) is 266 Å². The van der Waals surface area contributed by atoms with E-state index in [2.05, 4.69) is 25.3 Å². The lowest BCUT2D eigenvalue weighted by Gasteiger charge is -2.17. The number of carbonyl (C=O) groups excluding carboxylic acids is 1. The molecule has 0 spiro atoms. The number of para-hydroxylation sites is 1. The molecule has 0 saturated heterocycles. The number of nitrogens with one attached hydrogen (secondary N) is 1. The number of aliphatic hydroxyl groups is 1. The monoisotopic (exact) mass is 684 g/mol. The summed E-state index contributed by atoms with van der Waals surface area (Å²) in [6, 6.07) is 16.9. The smallest absolute Gasteiger partial charge is 0.305 e. The van der Waals surface area contributed by atoms with E-state index in [1.165, 1.54) is 10.8 Å². The number of rotatable bonds is 20. The van der Waals surface area contributed by atoms with Crippen LogP contribution >= 0.6 is 21.6 Å². The Hall–Kier alpha value is -5.03. The zero-order valence-corrected chi connectivity index (χ0v) is 27.5. The number of ether oxygens (including phenoxy) is 3. The quantitative estimate of drug-likeness (QED) is 0.0289. The van der Waals surface area contributed by atoms with E-state index in [-0.39, 0.29) is 63.2 Å². The number of amides is 1. The van der Waals surface area contributed by atoms with Gasteiger partial charge in [-0.1, -0.05) is 29.0 Å². The van der Waals surface area contributed by atoms with Gasteiger partial charge in [-0.05, 0) is 52.8 Å². The average Bonchev–Trinajstić information content (AvgIpc) is 3.05. The SMILES string of the molecule is NC(N)=NCCOc1ccc(CNC(=O)CCSSc2ccccn2)cc1-c1cccc(OCCN=C(N)N)c1[OH+]CCN=C(N)N. The molecule has 0 atom stereocenters. The second-order valence-electron chi connectivity index (χ2n) is 9.58. The van der Waals surface area contributed by atoms with Gasteiger partial charge in [0.1, 0.15) is 30.5 Å². The molecule has 0 aliphatic heterocycles. The highest BCUT2D eigenvalue weighted by atomic mass is 33.1. The highest BCUT2D eigenvalue weighted by Gasteiger charge is 2.22. The lowest BCUT2D eigenvalue weighted by atomic mass is 10.00. The van der Waals surface area contributed by atoms with Crippen LogP contribution < -0.4 is 49.2 Å². The Morgan fingerprint density at radius 3 is 2.19 bits per heavy atom. The van der Waals surface area contributed by atoms with Gasteiger partial charge >= 0.3 is 5.75 Å². The van der Waals surface area contributed by atoms with Gasteiger partial charge in [-0.15, -0.1) is 0 Å². The van der Waals surface area contributed by atoms with Gasteiger partial charge in [0.15, 0.2) is 24.5 Å². The number of hydrogen-bond donors (Lipinski definition) is 7. The van der Waals surface area contributed by atoms with Crippen LogP contribution in [0.25, 0.3) is 11.1 Å². The number of nitrogens with two attached hydrogens (primary N) is 6. The summed E-state index contributed by atoms with van der Waals surface area (Å²) in [6.07, 6.45) is 2.10. The summed E-state index contributed by atoms with van der Waals surface area (Å²) in [5.74, 6) is 2.11. The maximum Gasteiger partial charge on any atom is 0.305 e. The molecule has 3 rings (SSSR count). The zero-order valence-electron chi connectivity index (χ0n) is 25.9. The molecule has 0 aliphatic carbocycles. The number of hydrogen-bond acceptors (Lipinski definition) is 9. The molecule has 252 valence electrons. The van der Waals surface area contributed by atoms with E-state index >= 15 is 0 Å². The summed E-state index contributed by atoms with van der Waals surface area (Å²) in [5.41, 5.74) is 35.2. The Morgan fingerprint density at radius 1 is 0.809 bits per heavy atom. The molecule has 0 bridgehead atoms. The fourth-order valence-corrected chi connectivity index (χ4v) is 5.83. The number of aromatic hydroxyl groups is 1. The van der Waals surface area contributed by atoms with Crippen molar-refractivity contribution in [2.75, 3.05) is 45.2 Å². The fraction of sp³-hybridized carbons (Fsp3) is 0.300. The minimum absolute atomic E-state index is 0.0268. The Bertz CT molecular complexity index is 1510. The Morgan fingerprint density at radius 2 is 1.51 bits per heavy atom. The van der Waals surface area contributed by atoms with E-state index in [9.17, 15) is 4.79 Å². The molecular formula is C30H42N11O4S2+. The van der Waals surface area contributed by atoms with E-state index < -0.39 is 0 Å². The highest BCUT2D eigenvalue weighted by molar-refractivity contribution is 8.76. The van der Waals surface area contributed by atoms with E-state index in [4.69, 9.17) is 48.6 Å². The van der Waals surface area contributed by atoms with Crippen LogP contribution in [0.2, 0.25) is 0 Å². The van der Waals surface area contributed by atoms with E-state index in [0.29, 0.717) is 36.0 Å². The van der Waals surface area contributed by atoms with E-state index in [1.807, 2.05) is 48.5 Å². The largest absolute Gasteiger partial charge is 0.578 e. The Labute approximate surface area is 281 Å². The molecule has 3 aromatic rings. The van der Waals surface area contributed by atoms with Crippen LogP contribution in [0.4, 0.5) is 0 Å². The molecule has 0 saturated carbocycles. The first kappa shape index (κ1) is 36.4. The molecule has 0 unspecified atom stereocenters. The molecule has 2 aromatic carbocycles. The molecule has 0 fully saturated rings. The van der Waals surface area contributed by atoms with Gasteiger partial charge in [0.25, 0.3) is 0 Å². The second kappa shape index (κ2) is 20.2. The Balaban J connectivity index is 1.82. The summed E-state index contributed by atoms with van der Waals surface area (Å²) in [7, 11) is 3.12. The number of pyridine rings is 1. The van der Waals surface area contributed by atoms with Crippen LogP contribution in [-0.4, -0.2) is 78.7 Å². The molecule has 47 heavy (non-hydrogen) atoms. The van der Waals surface area contributed by atoms with Crippen molar-refractivity contribution < 1.29 is 19.0 Å². The summed E-state index contributed by atoms with van der Waals surface area (Å²) < 4.78 is 16.9. The first-order valence-electron chi connectivity index (χ1n) is 14.6. The number of carbonyl (C=O) groups is 1. The van der Waals surface area contributed by atoms with Gasteiger partial charge in [-0.3, -0.25) is 14.8 Å². The normalized spacial score (nSPS) is 10.4. The third kappa shape index (κ3) is 13.9. The van der Waals surface area contributed by atoms with Crippen LogP contribution in [-0.2, 0) is 11.3 Å². The van der Waals surface area contributed by atoms with Crippen molar-refractivity contribution >= 4 is 45.4 Å². The Kier molecular flexibility index (Phi) is 15.6. The molecule has 1 heterocycles. The van der Waals surface area contributed by atoms with Gasteiger partial charge in [0, 0.05) is 30.5 Å². The van der Waals surface area contributed by atoms with Crippen molar-refractivity contribution in [2.24, 2.45) is 49.4 Å². The van der Waals surface area contributed by atoms with Crippen molar-refractivity contribution in [3.63, 3.8) is 0 Å². The molecule has 14 N–H and O–H groups in total. The van der Waals surface area contributed by atoms with Crippen LogP contribution in [0.3, 0.4) is 0 Å². The van der Waals surface area contributed by atoms with Crippen molar-refractivity contribution in [1.29, 1.82) is 0 Å². The van der Waals surface area contributed by atoms with Gasteiger partial charge in [-0.2, -0.15) is 0 Å². The molecule has 1 amide bonds. The number of guanidine groups is 3. The van der Waals surface area contributed by atoms with Gasteiger partial charge in [-0.25, -0.2) is 9.98 Å². The second-order valence-corrected chi connectivity index (χ2v) is 12.0. The minimum atomic E-state index is -0.0650. The summed E-state index contributed by atoms with van der Waals surface area (Å²) >= 11 is 0. The molecule has 17 heteroatoms. The van der Waals surface area contributed by atoms with Crippen molar-refractivity contribution in [3.8, 4) is 28.4 Å². The number of nitrogens with zero attached hydrogens (tertiary/aromatic N) is 4. The maximum atomic E-state index is 12.6. The standard InChI is InChI=1S/C30H41N11O4S2/c31-28(32)38-11-14-43-23-8-7-20(19-41-25(42)9-17-46-47-26-6-1-2-10-37-26)18-22(23)21-4-3-5-24(44-15-12-39-29(33)34)27(21)45-16-13-40-30(35)36/h1-8,10,18H,9,11-17,19H2,(H,41,42)(H4,31,32,38)(H4,33,34,39)(H4,35,36,40)/p+1. The zero-order chi connectivity index (χ0) is 33.9. The van der Waals surface area contributed by atoms with Crippen LogP contribution in [0.5, 0.6) is 17.2 Å². The predicted molar refractivity (Wildman–Crippen MR) is 190 cm³/mol. The molecule has 0 radical (unpaired) electrons. The van der Waals surface area contributed by atoms with Crippen LogP contribution in [0.1, 0.15) is 12.0 Å². The van der Waals surface area contributed by atoms with Gasteiger partial charge in [0.05, 0.1) is 18.7 Å². The number of aromatic nitrogens is 1. The summed E-state index contributed by atoms with van der Waals surface area (Å²) in [4.78, 5) is 28.9. The summed E-state index contributed by atoms with van der Waals surface area (Å²) in [5, 5.41) is 3.90. The molecule has 15 nitrogen and oxygen atoms in total. The van der Waals surface area contributed by atoms with Crippen molar-refractivity contribution in [3.05, 3.63) is 66.4 Å². The maximum absolute atomic E-state index is 12.6. The van der Waals surface area contributed by atoms with Crippen LogP contribution in [0.15, 0.2) is 80.8 Å². The number of benzene rings is 2. The highest BCUT2D eigenvalue weighted by Crippen LogP contribution is 2.43. The van der Waals surface area contributed by atoms with E-state index in [0.717, 1.165) is 21.7 Å². The first-order chi connectivity index (χ1) is 22.7. The van der Waals surface area contributed by atoms with Crippen molar-refractivity contribution in [2.45, 2.75) is 18.0 Å². The third-order valence-corrected chi connectivity index (χ3v) is 8.23. The minimum Gasteiger partial charge on any atom is -0.578 e. The van der Waals surface area contributed by atoms with Crippen LogP contribution in [0, 0.1) is 0 Å². The lowest BCUT2D eigenvalue weighted by molar-refractivity contribution is -0.120. The van der Waals surface area contributed by atoms with Crippen molar-refractivity contribution in [1.82, 2.24) is 10.3 Å². The lowest BCUT2D eigenvalue weighted by Crippen LogP contribution is -2.24. The fourth-order valence-electron chi connectivity index (χ4n) is 3.97. The first-order valence-corrected chi connectivity index (χ1v) is 16.9. The number of aliphatic imine (C=N–C) groups is 3. The predicted octanol–water partition coefficient (Wildman–Crippen LogP) is 1.01.